The first-order valence-corrected chi connectivity index (χ1v) is 10.8. The molecular weight excluding hydrogens is 446 g/mol. The maximum Gasteiger partial charge on any atom is 0.196 e. The zero-order valence-corrected chi connectivity index (χ0v) is 18.1. The third-order valence-electron chi connectivity index (χ3n) is 4.44. The Balaban J connectivity index is 1.73. The van der Waals surface area contributed by atoms with Crippen molar-refractivity contribution in [2.45, 2.75) is 17.3 Å². The minimum absolute atomic E-state index is 0.0715. The molecule has 0 aliphatic heterocycles. The Morgan fingerprint density at radius 2 is 1.62 bits per heavy atom. The number of nitrogens with zero attached hydrogens (tertiary/aromatic N) is 3. The van der Waals surface area contributed by atoms with Gasteiger partial charge in [0, 0.05) is 21.3 Å². The van der Waals surface area contributed by atoms with Gasteiger partial charge < -0.3 is 0 Å². The van der Waals surface area contributed by atoms with Gasteiger partial charge in [-0.25, -0.2) is 0 Å². The highest BCUT2D eigenvalue weighted by Crippen LogP contribution is 2.32. The van der Waals surface area contributed by atoms with E-state index < -0.39 is 0 Å². The molecule has 1 atom stereocenters. The molecule has 0 bridgehead atoms. The summed E-state index contributed by atoms with van der Waals surface area (Å²) in [6.45, 7) is 1.91. The number of ketones is 1. The molecule has 144 valence electrons. The van der Waals surface area contributed by atoms with Gasteiger partial charge in [-0.3, -0.25) is 9.36 Å². The number of Topliss-reactive ketones (excluding diaryl/α,β-unsaturated/α-hetero) is 1. The van der Waals surface area contributed by atoms with Gasteiger partial charge in [0.1, 0.15) is 0 Å². The highest BCUT2D eigenvalue weighted by atomic mass is 79.9. The number of benzene rings is 3. The molecule has 0 saturated heterocycles. The van der Waals surface area contributed by atoms with E-state index in [1.165, 1.54) is 11.8 Å². The van der Waals surface area contributed by atoms with Crippen molar-refractivity contribution < 1.29 is 4.79 Å². The molecule has 0 radical (unpaired) electrons. The van der Waals surface area contributed by atoms with Gasteiger partial charge in [0.2, 0.25) is 0 Å². The maximum absolute atomic E-state index is 12.8. The molecule has 0 amide bonds. The van der Waals surface area contributed by atoms with Crippen LogP contribution in [0.1, 0.15) is 17.3 Å². The molecule has 0 saturated carbocycles. The molecule has 0 unspecified atom stereocenters. The fourth-order valence-corrected chi connectivity index (χ4v) is 4.36. The van der Waals surface area contributed by atoms with Crippen molar-refractivity contribution in [3.05, 3.63) is 95.0 Å². The van der Waals surface area contributed by atoms with Gasteiger partial charge >= 0.3 is 0 Å². The summed E-state index contributed by atoms with van der Waals surface area (Å²) in [5.41, 5.74) is 2.60. The van der Waals surface area contributed by atoms with Gasteiger partial charge in [-0.2, -0.15) is 0 Å². The monoisotopic (exact) mass is 463 g/mol. The second kappa shape index (κ2) is 8.76. The van der Waals surface area contributed by atoms with Crippen LogP contribution in [-0.2, 0) is 0 Å². The van der Waals surface area contributed by atoms with Crippen LogP contribution in [0.3, 0.4) is 0 Å². The summed E-state index contributed by atoms with van der Waals surface area (Å²) in [6, 6.07) is 27.3. The van der Waals surface area contributed by atoms with E-state index in [1.807, 2.05) is 96.4 Å². The molecule has 0 aliphatic rings. The first-order valence-electron chi connectivity index (χ1n) is 9.16. The van der Waals surface area contributed by atoms with Gasteiger partial charge in [0.15, 0.2) is 16.8 Å². The summed E-state index contributed by atoms with van der Waals surface area (Å²) < 4.78 is 2.97. The number of thioether (sulfide) groups is 1. The maximum atomic E-state index is 12.8. The predicted molar refractivity (Wildman–Crippen MR) is 121 cm³/mol. The van der Waals surface area contributed by atoms with Gasteiger partial charge in [0.25, 0.3) is 0 Å². The van der Waals surface area contributed by atoms with Crippen LogP contribution in [0.25, 0.3) is 17.1 Å². The van der Waals surface area contributed by atoms with Crippen LogP contribution in [0.2, 0.25) is 0 Å². The third-order valence-corrected chi connectivity index (χ3v) is 5.98. The van der Waals surface area contributed by atoms with Gasteiger partial charge in [-0.15, -0.1) is 10.2 Å². The Bertz CT molecular complexity index is 1130. The van der Waals surface area contributed by atoms with E-state index in [0.717, 1.165) is 21.5 Å². The van der Waals surface area contributed by atoms with Crippen molar-refractivity contribution in [1.82, 2.24) is 14.8 Å². The van der Waals surface area contributed by atoms with Crippen LogP contribution in [0.5, 0.6) is 0 Å². The number of halogens is 1. The Morgan fingerprint density at radius 1 is 0.931 bits per heavy atom. The van der Waals surface area contributed by atoms with Crippen molar-refractivity contribution in [2.75, 3.05) is 0 Å². The largest absolute Gasteiger partial charge is 0.293 e. The first kappa shape index (κ1) is 19.6. The highest BCUT2D eigenvalue weighted by molar-refractivity contribution is 9.10. The van der Waals surface area contributed by atoms with E-state index in [9.17, 15) is 4.79 Å². The number of hydrogen-bond donors (Lipinski definition) is 0. The molecule has 1 aromatic heterocycles. The lowest BCUT2D eigenvalue weighted by atomic mass is 10.1. The number of rotatable bonds is 6. The van der Waals surface area contributed by atoms with E-state index in [2.05, 4.69) is 26.1 Å². The van der Waals surface area contributed by atoms with Crippen molar-refractivity contribution in [3.63, 3.8) is 0 Å². The molecule has 0 aliphatic carbocycles. The van der Waals surface area contributed by atoms with E-state index in [4.69, 9.17) is 0 Å². The van der Waals surface area contributed by atoms with Crippen LogP contribution in [-0.4, -0.2) is 25.8 Å². The molecule has 6 heteroatoms. The van der Waals surface area contributed by atoms with Crippen LogP contribution in [0, 0.1) is 0 Å². The van der Waals surface area contributed by atoms with Crippen molar-refractivity contribution >= 4 is 33.5 Å². The lowest BCUT2D eigenvalue weighted by molar-refractivity contribution is 0.0994. The fourth-order valence-electron chi connectivity index (χ4n) is 3.02. The molecule has 4 nitrogen and oxygen atoms in total. The van der Waals surface area contributed by atoms with Gasteiger partial charge in [-0.05, 0) is 31.2 Å². The molecular formula is C23H18BrN3OS. The molecule has 4 rings (SSSR count). The quantitative estimate of drug-likeness (QED) is 0.257. The Morgan fingerprint density at radius 3 is 2.31 bits per heavy atom. The molecule has 0 fully saturated rings. The third kappa shape index (κ3) is 4.33. The number of carbonyl (C=O) groups is 1. The number of hydrogen-bond acceptors (Lipinski definition) is 4. The SMILES string of the molecule is C[C@H](Sc1nnc(-c2cccc(Br)c2)n1-c1ccccc1)C(=O)c1ccccc1. The lowest BCUT2D eigenvalue weighted by Gasteiger charge is -2.13. The van der Waals surface area contributed by atoms with Crippen LogP contribution in [0.15, 0.2) is 94.6 Å². The van der Waals surface area contributed by atoms with E-state index >= 15 is 0 Å². The standard InChI is InChI=1S/C23H18BrN3OS/c1-16(21(28)17-9-4-2-5-10-17)29-23-26-25-22(18-11-8-12-19(24)15-18)27(23)20-13-6-3-7-14-20/h2-16H,1H3/t16-/m0/s1. The number of para-hydroxylation sites is 1. The Labute approximate surface area is 182 Å². The van der Waals surface area contributed by atoms with Crippen LogP contribution < -0.4 is 0 Å². The highest BCUT2D eigenvalue weighted by Gasteiger charge is 2.22. The summed E-state index contributed by atoms with van der Waals surface area (Å²) in [5, 5.41) is 9.26. The summed E-state index contributed by atoms with van der Waals surface area (Å²) in [4.78, 5) is 12.8. The van der Waals surface area contributed by atoms with Crippen molar-refractivity contribution in [1.29, 1.82) is 0 Å². The van der Waals surface area contributed by atoms with Crippen LogP contribution in [0.4, 0.5) is 0 Å². The van der Waals surface area contributed by atoms with E-state index in [0.29, 0.717) is 10.7 Å². The fraction of sp³-hybridized carbons (Fsp3) is 0.0870. The minimum atomic E-state index is -0.292. The van der Waals surface area contributed by atoms with E-state index in [-0.39, 0.29) is 11.0 Å². The second-order valence-corrected chi connectivity index (χ2v) is 8.70. The normalized spacial score (nSPS) is 11.9. The first-order chi connectivity index (χ1) is 14.1. The lowest BCUT2D eigenvalue weighted by Crippen LogP contribution is -2.14. The van der Waals surface area contributed by atoms with Crippen molar-refractivity contribution in [2.24, 2.45) is 0 Å². The number of aromatic nitrogens is 3. The molecule has 0 spiro atoms. The molecule has 1 heterocycles. The zero-order chi connectivity index (χ0) is 20.2. The Hall–Kier alpha value is -2.70. The Kier molecular flexibility index (Phi) is 5.92. The summed E-state index contributed by atoms with van der Waals surface area (Å²) in [6.07, 6.45) is 0. The molecule has 29 heavy (non-hydrogen) atoms. The van der Waals surface area contributed by atoms with Crippen molar-refractivity contribution in [3.8, 4) is 17.1 Å². The minimum Gasteiger partial charge on any atom is -0.293 e. The van der Waals surface area contributed by atoms with Gasteiger partial charge in [-0.1, -0.05) is 88.4 Å². The summed E-state index contributed by atoms with van der Waals surface area (Å²) in [5.74, 6) is 0.807. The molecule has 0 N–H and O–H groups in total. The molecule has 3 aromatic carbocycles. The average molecular weight is 464 g/mol. The molecule has 4 aromatic rings. The average Bonchev–Trinajstić information content (AvgIpc) is 3.18. The summed E-state index contributed by atoms with van der Waals surface area (Å²) >= 11 is 4.94. The number of carbonyl (C=O) groups excluding carboxylic acids is 1. The van der Waals surface area contributed by atoms with Crippen LogP contribution >= 0.6 is 27.7 Å². The topological polar surface area (TPSA) is 47.8 Å². The summed E-state index contributed by atoms with van der Waals surface area (Å²) in [7, 11) is 0. The van der Waals surface area contributed by atoms with Gasteiger partial charge in [0.05, 0.1) is 5.25 Å². The second-order valence-electron chi connectivity index (χ2n) is 6.48. The zero-order valence-electron chi connectivity index (χ0n) is 15.7. The van der Waals surface area contributed by atoms with E-state index in [1.54, 1.807) is 0 Å². The predicted octanol–water partition coefficient (Wildman–Crippen LogP) is 6.06. The smallest absolute Gasteiger partial charge is 0.196 e.